The molecule has 0 aliphatic carbocycles. The summed E-state index contributed by atoms with van der Waals surface area (Å²) in [5.41, 5.74) is 9.41. The molecule has 2 atom stereocenters. The predicted molar refractivity (Wildman–Crippen MR) is 89.8 cm³/mol. The first-order chi connectivity index (χ1) is 9.64. The van der Waals surface area contributed by atoms with Gasteiger partial charge in [-0.1, -0.05) is 54.0 Å². The SMILES string of the molecule is CCCC1Oc2ccc(C(C)(C)CC(C)(C)C)cc2C1N. The Morgan fingerprint density at radius 2 is 1.81 bits per heavy atom. The van der Waals surface area contributed by atoms with E-state index in [1.807, 2.05) is 0 Å². The molecule has 1 aromatic carbocycles. The van der Waals surface area contributed by atoms with Crippen molar-refractivity contribution in [2.45, 2.75) is 78.4 Å². The lowest BCUT2D eigenvalue weighted by Gasteiger charge is -2.33. The summed E-state index contributed by atoms with van der Waals surface area (Å²) >= 11 is 0. The third-order valence-corrected chi connectivity index (χ3v) is 4.37. The lowest BCUT2D eigenvalue weighted by atomic mass is 9.72. The quantitative estimate of drug-likeness (QED) is 0.850. The Hall–Kier alpha value is -1.02. The monoisotopic (exact) mass is 289 g/mol. The highest BCUT2D eigenvalue weighted by Crippen LogP contribution is 2.42. The zero-order valence-electron chi connectivity index (χ0n) is 14.5. The van der Waals surface area contributed by atoms with Crippen LogP contribution in [0.5, 0.6) is 5.75 Å². The van der Waals surface area contributed by atoms with E-state index in [1.54, 1.807) is 0 Å². The molecule has 2 unspecified atom stereocenters. The van der Waals surface area contributed by atoms with E-state index in [0.717, 1.165) is 25.0 Å². The molecule has 2 N–H and O–H groups in total. The Labute approximate surface area is 130 Å². The lowest BCUT2D eigenvalue weighted by molar-refractivity contribution is 0.195. The number of ether oxygens (including phenoxy) is 1. The summed E-state index contributed by atoms with van der Waals surface area (Å²) < 4.78 is 6.00. The molecule has 1 heterocycles. The van der Waals surface area contributed by atoms with Gasteiger partial charge in [-0.05, 0) is 41.4 Å². The number of nitrogens with two attached hydrogens (primary N) is 1. The molecular formula is C19H31NO. The second kappa shape index (κ2) is 5.64. The molecule has 1 aliphatic rings. The summed E-state index contributed by atoms with van der Waals surface area (Å²) in [5, 5.41) is 0. The molecule has 0 fully saturated rings. The van der Waals surface area contributed by atoms with E-state index in [1.165, 1.54) is 11.1 Å². The van der Waals surface area contributed by atoms with Gasteiger partial charge >= 0.3 is 0 Å². The molecule has 0 aromatic heterocycles. The van der Waals surface area contributed by atoms with Crippen molar-refractivity contribution in [2.24, 2.45) is 11.1 Å². The minimum absolute atomic E-state index is 0.0188. The average Bonchev–Trinajstić information content (AvgIpc) is 2.64. The van der Waals surface area contributed by atoms with Gasteiger partial charge < -0.3 is 10.5 Å². The first-order valence-electron chi connectivity index (χ1n) is 8.21. The molecule has 0 bridgehead atoms. The Morgan fingerprint density at radius 1 is 1.14 bits per heavy atom. The number of hydrogen-bond acceptors (Lipinski definition) is 2. The van der Waals surface area contributed by atoms with Crippen molar-refractivity contribution in [3.8, 4) is 5.75 Å². The van der Waals surface area contributed by atoms with Crippen molar-refractivity contribution in [2.75, 3.05) is 0 Å². The molecule has 1 aromatic rings. The first kappa shape index (κ1) is 16.4. The van der Waals surface area contributed by atoms with Gasteiger partial charge in [-0.2, -0.15) is 0 Å². The fourth-order valence-corrected chi connectivity index (χ4v) is 3.72. The van der Waals surface area contributed by atoms with Crippen LogP contribution in [-0.2, 0) is 5.41 Å². The van der Waals surface area contributed by atoms with Gasteiger partial charge in [0, 0.05) is 5.56 Å². The Bertz CT molecular complexity index is 499. The molecular weight excluding hydrogens is 258 g/mol. The highest BCUT2D eigenvalue weighted by atomic mass is 16.5. The molecule has 0 saturated heterocycles. The van der Waals surface area contributed by atoms with Crippen LogP contribution in [0.1, 0.15) is 78.0 Å². The van der Waals surface area contributed by atoms with Gasteiger partial charge in [0.2, 0.25) is 0 Å². The maximum absolute atomic E-state index is 6.39. The molecule has 0 saturated carbocycles. The Kier molecular flexibility index (Phi) is 4.39. The summed E-state index contributed by atoms with van der Waals surface area (Å²) in [7, 11) is 0. The summed E-state index contributed by atoms with van der Waals surface area (Å²) in [5.74, 6) is 0.983. The third kappa shape index (κ3) is 3.60. The molecule has 2 rings (SSSR count). The van der Waals surface area contributed by atoms with Crippen molar-refractivity contribution in [3.05, 3.63) is 29.3 Å². The van der Waals surface area contributed by atoms with E-state index in [9.17, 15) is 0 Å². The summed E-state index contributed by atoms with van der Waals surface area (Å²) in [4.78, 5) is 0. The number of benzene rings is 1. The van der Waals surface area contributed by atoms with E-state index >= 15 is 0 Å². The van der Waals surface area contributed by atoms with Crippen LogP contribution >= 0.6 is 0 Å². The van der Waals surface area contributed by atoms with E-state index < -0.39 is 0 Å². The van der Waals surface area contributed by atoms with Crippen LogP contribution in [0.15, 0.2) is 18.2 Å². The van der Waals surface area contributed by atoms with Crippen LogP contribution in [0, 0.1) is 5.41 Å². The van der Waals surface area contributed by atoms with E-state index in [-0.39, 0.29) is 17.6 Å². The van der Waals surface area contributed by atoms with Crippen molar-refractivity contribution in [1.82, 2.24) is 0 Å². The number of fused-ring (bicyclic) bond motifs is 1. The second-order valence-corrected chi connectivity index (χ2v) is 8.34. The van der Waals surface area contributed by atoms with Crippen LogP contribution in [0.4, 0.5) is 0 Å². The largest absolute Gasteiger partial charge is 0.488 e. The predicted octanol–water partition coefficient (Wildman–Crippen LogP) is 4.96. The fourth-order valence-electron chi connectivity index (χ4n) is 3.72. The van der Waals surface area contributed by atoms with Crippen LogP contribution in [0.2, 0.25) is 0 Å². The maximum Gasteiger partial charge on any atom is 0.124 e. The van der Waals surface area contributed by atoms with Crippen LogP contribution in [-0.4, -0.2) is 6.10 Å². The maximum atomic E-state index is 6.39. The van der Waals surface area contributed by atoms with Crippen molar-refractivity contribution in [3.63, 3.8) is 0 Å². The minimum Gasteiger partial charge on any atom is -0.488 e. The molecule has 21 heavy (non-hydrogen) atoms. The molecule has 0 spiro atoms. The standard InChI is InChI=1S/C19H31NO/c1-7-8-16-17(20)14-11-13(9-10-15(14)21-16)19(5,6)12-18(2,3)4/h9-11,16-17H,7-8,12,20H2,1-6H3. The number of rotatable bonds is 4. The average molecular weight is 289 g/mol. The molecule has 1 aliphatic heterocycles. The van der Waals surface area contributed by atoms with Crippen molar-refractivity contribution >= 4 is 0 Å². The first-order valence-corrected chi connectivity index (χ1v) is 8.21. The Balaban J connectivity index is 2.27. The topological polar surface area (TPSA) is 35.2 Å². The highest BCUT2D eigenvalue weighted by molar-refractivity contribution is 5.45. The summed E-state index contributed by atoms with van der Waals surface area (Å²) in [6, 6.07) is 6.63. The van der Waals surface area contributed by atoms with Gasteiger partial charge in [-0.25, -0.2) is 0 Å². The van der Waals surface area contributed by atoms with Crippen molar-refractivity contribution < 1.29 is 4.74 Å². The fraction of sp³-hybridized carbons (Fsp3) is 0.684. The van der Waals surface area contributed by atoms with Gasteiger partial charge in [0.25, 0.3) is 0 Å². The van der Waals surface area contributed by atoms with Crippen LogP contribution in [0.25, 0.3) is 0 Å². The third-order valence-electron chi connectivity index (χ3n) is 4.37. The number of hydrogen-bond donors (Lipinski definition) is 1. The summed E-state index contributed by atoms with van der Waals surface area (Å²) in [6.07, 6.45) is 3.42. The summed E-state index contributed by atoms with van der Waals surface area (Å²) in [6.45, 7) is 13.7. The normalized spacial score (nSPS) is 22.0. The smallest absolute Gasteiger partial charge is 0.124 e. The molecule has 2 heteroatoms. The van der Waals surface area contributed by atoms with Gasteiger partial charge in [0.1, 0.15) is 11.9 Å². The zero-order valence-corrected chi connectivity index (χ0v) is 14.5. The molecule has 118 valence electrons. The highest BCUT2D eigenvalue weighted by Gasteiger charge is 2.33. The van der Waals surface area contributed by atoms with Gasteiger partial charge in [-0.15, -0.1) is 0 Å². The van der Waals surface area contributed by atoms with E-state index in [4.69, 9.17) is 10.5 Å². The molecule has 0 amide bonds. The molecule has 2 nitrogen and oxygen atoms in total. The van der Waals surface area contributed by atoms with E-state index in [2.05, 4.69) is 59.7 Å². The molecule has 0 radical (unpaired) electrons. The second-order valence-electron chi connectivity index (χ2n) is 8.34. The lowest BCUT2D eigenvalue weighted by Crippen LogP contribution is -2.26. The van der Waals surface area contributed by atoms with Gasteiger partial charge in [0.15, 0.2) is 0 Å². The Morgan fingerprint density at radius 3 is 2.38 bits per heavy atom. The van der Waals surface area contributed by atoms with E-state index in [0.29, 0.717) is 5.41 Å². The zero-order chi connectivity index (χ0) is 15.8. The van der Waals surface area contributed by atoms with Gasteiger partial charge in [0.05, 0.1) is 6.04 Å². The van der Waals surface area contributed by atoms with Crippen LogP contribution in [0.3, 0.4) is 0 Å². The minimum atomic E-state index is 0.0188. The van der Waals surface area contributed by atoms with Gasteiger partial charge in [-0.3, -0.25) is 0 Å². The van der Waals surface area contributed by atoms with Crippen LogP contribution < -0.4 is 10.5 Å². The van der Waals surface area contributed by atoms with Crippen molar-refractivity contribution in [1.29, 1.82) is 0 Å².